The van der Waals surface area contributed by atoms with Crippen molar-refractivity contribution in [3.8, 4) is 0 Å². The Kier molecular flexibility index (Phi) is 9.20. The molecule has 0 radical (unpaired) electrons. The molecular weight excluding hydrogens is 340 g/mol. The molecule has 1 aromatic rings. The molecular formula is C18H28N2O4S. The molecule has 25 heavy (non-hydrogen) atoms. The zero-order chi connectivity index (χ0) is 18.8. The molecule has 0 saturated heterocycles. The highest BCUT2D eigenvalue weighted by molar-refractivity contribution is 7.84. The van der Waals surface area contributed by atoms with Crippen molar-refractivity contribution in [1.29, 1.82) is 0 Å². The Balaban J connectivity index is 2.45. The molecule has 0 aliphatic rings. The fourth-order valence-corrected chi connectivity index (χ4v) is 2.55. The monoisotopic (exact) mass is 368 g/mol. The van der Waals surface area contributed by atoms with Crippen LogP contribution >= 0.6 is 0 Å². The average Bonchev–Trinajstić information content (AvgIpc) is 2.58. The van der Waals surface area contributed by atoms with E-state index < -0.39 is 22.9 Å². The molecule has 0 aliphatic heterocycles. The van der Waals surface area contributed by atoms with Crippen LogP contribution in [0.3, 0.4) is 0 Å². The van der Waals surface area contributed by atoms with Gasteiger partial charge in [0.05, 0.1) is 0 Å². The van der Waals surface area contributed by atoms with E-state index in [9.17, 15) is 13.8 Å². The first-order valence-corrected chi connectivity index (χ1v) is 10.0. The van der Waals surface area contributed by atoms with Crippen LogP contribution < -0.4 is 10.6 Å². The number of hydrogen-bond acceptors (Lipinski definition) is 4. The summed E-state index contributed by atoms with van der Waals surface area (Å²) in [5, 5.41) is 5.41. The van der Waals surface area contributed by atoms with E-state index in [4.69, 9.17) is 4.74 Å². The minimum atomic E-state index is -0.916. The molecule has 140 valence electrons. The molecule has 7 heteroatoms. The van der Waals surface area contributed by atoms with Crippen molar-refractivity contribution in [1.82, 2.24) is 10.6 Å². The van der Waals surface area contributed by atoms with E-state index in [0.717, 1.165) is 5.56 Å². The standard InChI is InChI=1S/C18H28N2O4S/c1-13(2)16(17(21)19-11-10-14(3)25(4)23)20-18(22)24-12-15-8-6-5-7-9-15/h5-9,13-14,16H,10-12H2,1-4H3,(H,19,21)(H,20,22)/t14-,16+,25-/m1/s1. The van der Waals surface area contributed by atoms with Gasteiger partial charge in [0.15, 0.2) is 0 Å². The predicted molar refractivity (Wildman–Crippen MR) is 99.5 cm³/mol. The van der Waals surface area contributed by atoms with Gasteiger partial charge in [-0.05, 0) is 17.9 Å². The number of hydrogen-bond donors (Lipinski definition) is 2. The summed E-state index contributed by atoms with van der Waals surface area (Å²) in [5.41, 5.74) is 0.879. The normalized spacial score (nSPS) is 14.4. The molecule has 0 aliphatic carbocycles. The molecule has 2 amide bonds. The number of alkyl carbamates (subject to hydrolysis) is 1. The predicted octanol–water partition coefficient (Wildman–Crippen LogP) is 2.21. The summed E-state index contributed by atoms with van der Waals surface area (Å²) in [6.45, 7) is 6.15. The highest BCUT2D eigenvalue weighted by atomic mass is 32.2. The molecule has 0 aromatic heterocycles. The Labute approximate surface area is 152 Å². The lowest BCUT2D eigenvalue weighted by Gasteiger charge is -2.21. The molecule has 6 nitrogen and oxygen atoms in total. The second-order valence-corrected chi connectivity index (χ2v) is 8.12. The maximum absolute atomic E-state index is 12.3. The average molecular weight is 368 g/mol. The first kappa shape index (κ1) is 21.2. The maximum Gasteiger partial charge on any atom is 0.408 e. The summed E-state index contributed by atoms with van der Waals surface area (Å²) >= 11 is 0. The number of carbonyl (C=O) groups excluding carboxylic acids is 2. The van der Waals surface area contributed by atoms with Gasteiger partial charge in [-0.2, -0.15) is 0 Å². The number of carbonyl (C=O) groups is 2. The third-order valence-electron chi connectivity index (χ3n) is 3.85. The lowest BCUT2D eigenvalue weighted by Crippen LogP contribution is -2.50. The summed E-state index contributed by atoms with van der Waals surface area (Å²) < 4.78 is 16.5. The first-order chi connectivity index (χ1) is 11.8. The summed E-state index contributed by atoms with van der Waals surface area (Å²) in [4.78, 5) is 24.2. The SMILES string of the molecule is CC(C)[C@H](NC(=O)OCc1ccccc1)C(=O)NCC[C@@H](C)[S@@](C)=O. The highest BCUT2D eigenvalue weighted by Crippen LogP contribution is 2.05. The van der Waals surface area contributed by atoms with E-state index in [-0.39, 0.29) is 23.7 Å². The maximum atomic E-state index is 12.3. The van der Waals surface area contributed by atoms with Gasteiger partial charge >= 0.3 is 6.09 Å². The Morgan fingerprint density at radius 2 is 1.80 bits per heavy atom. The van der Waals surface area contributed by atoms with E-state index in [2.05, 4.69) is 10.6 Å². The number of nitrogens with one attached hydrogen (secondary N) is 2. The molecule has 0 bridgehead atoms. The Morgan fingerprint density at radius 1 is 1.16 bits per heavy atom. The molecule has 2 N–H and O–H groups in total. The summed E-state index contributed by atoms with van der Waals surface area (Å²) in [5.74, 6) is -0.345. The van der Waals surface area contributed by atoms with Crippen LogP contribution in [-0.4, -0.2) is 40.3 Å². The molecule has 0 saturated carbocycles. The van der Waals surface area contributed by atoms with Crippen LogP contribution in [0.4, 0.5) is 4.79 Å². The van der Waals surface area contributed by atoms with Crippen LogP contribution in [0.5, 0.6) is 0 Å². The third kappa shape index (κ3) is 8.16. The quantitative estimate of drug-likeness (QED) is 0.700. The van der Waals surface area contributed by atoms with Crippen molar-refractivity contribution >= 4 is 22.8 Å². The molecule has 0 unspecified atom stereocenters. The van der Waals surface area contributed by atoms with Crippen molar-refractivity contribution in [2.45, 2.75) is 45.1 Å². The van der Waals surface area contributed by atoms with Gasteiger partial charge < -0.3 is 15.4 Å². The van der Waals surface area contributed by atoms with Crippen LogP contribution in [0.2, 0.25) is 0 Å². The highest BCUT2D eigenvalue weighted by Gasteiger charge is 2.24. The molecule has 0 spiro atoms. The number of rotatable bonds is 9. The minimum Gasteiger partial charge on any atom is -0.445 e. The topological polar surface area (TPSA) is 84.5 Å². The van der Waals surface area contributed by atoms with Crippen LogP contribution in [0.15, 0.2) is 30.3 Å². The molecule has 0 fully saturated rings. The van der Waals surface area contributed by atoms with Crippen molar-refractivity contribution in [3.63, 3.8) is 0 Å². The summed E-state index contributed by atoms with van der Waals surface area (Å²) in [7, 11) is -0.916. The van der Waals surface area contributed by atoms with E-state index in [1.165, 1.54) is 0 Å². The smallest absolute Gasteiger partial charge is 0.408 e. The van der Waals surface area contributed by atoms with Gasteiger partial charge in [-0.25, -0.2) is 4.79 Å². The number of benzene rings is 1. The third-order valence-corrected chi connectivity index (χ3v) is 5.22. The minimum absolute atomic E-state index is 0.0154. The molecule has 0 heterocycles. The first-order valence-electron chi connectivity index (χ1n) is 8.38. The van der Waals surface area contributed by atoms with Gasteiger partial charge in [0.1, 0.15) is 12.6 Å². The number of amides is 2. The molecule has 1 aromatic carbocycles. The summed E-state index contributed by atoms with van der Waals surface area (Å²) in [6, 6.07) is 8.66. The van der Waals surface area contributed by atoms with Gasteiger partial charge in [0, 0.05) is 28.9 Å². The zero-order valence-corrected chi connectivity index (χ0v) is 16.1. The lowest BCUT2D eigenvalue weighted by atomic mass is 10.0. The van der Waals surface area contributed by atoms with Gasteiger partial charge in [-0.15, -0.1) is 0 Å². The van der Waals surface area contributed by atoms with Gasteiger partial charge in [0.25, 0.3) is 0 Å². The van der Waals surface area contributed by atoms with Crippen LogP contribution in [0.25, 0.3) is 0 Å². The van der Waals surface area contributed by atoms with Gasteiger partial charge in [0.2, 0.25) is 5.91 Å². The van der Waals surface area contributed by atoms with Crippen molar-refractivity contribution in [2.24, 2.45) is 5.92 Å². The van der Waals surface area contributed by atoms with Crippen molar-refractivity contribution in [2.75, 3.05) is 12.8 Å². The van der Waals surface area contributed by atoms with E-state index in [0.29, 0.717) is 13.0 Å². The fourth-order valence-electron chi connectivity index (χ4n) is 2.10. The van der Waals surface area contributed by atoms with Gasteiger partial charge in [-0.3, -0.25) is 9.00 Å². The molecule has 3 atom stereocenters. The van der Waals surface area contributed by atoms with Crippen molar-refractivity contribution < 1.29 is 18.5 Å². The largest absolute Gasteiger partial charge is 0.445 e. The van der Waals surface area contributed by atoms with E-state index in [1.54, 1.807) is 6.26 Å². The second kappa shape index (κ2) is 10.9. The molecule has 1 rings (SSSR count). The van der Waals surface area contributed by atoms with E-state index >= 15 is 0 Å². The Bertz CT molecular complexity index is 578. The summed E-state index contributed by atoms with van der Waals surface area (Å²) in [6.07, 6.45) is 1.65. The van der Waals surface area contributed by atoms with Crippen LogP contribution in [0, 0.1) is 5.92 Å². The Morgan fingerprint density at radius 3 is 2.36 bits per heavy atom. The van der Waals surface area contributed by atoms with Crippen LogP contribution in [0.1, 0.15) is 32.8 Å². The van der Waals surface area contributed by atoms with Crippen molar-refractivity contribution in [3.05, 3.63) is 35.9 Å². The van der Waals surface area contributed by atoms with E-state index in [1.807, 2.05) is 51.1 Å². The van der Waals surface area contributed by atoms with Gasteiger partial charge in [-0.1, -0.05) is 51.1 Å². The fraction of sp³-hybridized carbons (Fsp3) is 0.556. The lowest BCUT2D eigenvalue weighted by molar-refractivity contribution is -0.124. The van der Waals surface area contributed by atoms with Crippen LogP contribution in [-0.2, 0) is 26.9 Å². The second-order valence-electron chi connectivity index (χ2n) is 6.32. The Hall–Kier alpha value is -1.89. The number of ether oxygens (including phenoxy) is 1. The zero-order valence-electron chi connectivity index (χ0n) is 15.3.